The lowest BCUT2D eigenvalue weighted by atomic mass is 10.1. The molecular weight excluding hydrogens is 202 g/mol. The second-order valence-electron chi connectivity index (χ2n) is 4.16. The molecule has 1 rings (SSSR count). The minimum atomic E-state index is -0.436. The van der Waals surface area contributed by atoms with Crippen LogP contribution in [0.5, 0.6) is 0 Å². The van der Waals surface area contributed by atoms with Gasteiger partial charge in [0.25, 0.3) is 0 Å². The Morgan fingerprint density at radius 1 is 1.56 bits per heavy atom. The zero-order chi connectivity index (χ0) is 12.1. The van der Waals surface area contributed by atoms with Gasteiger partial charge in [-0.05, 0) is 24.5 Å². The minimum absolute atomic E-state index is 0.183. The minimum Gasteiger partial charge on any atom is -0.391 e. The van der Waals surface area contributed by atoms with Crippen molar-refractivity contribution in [1.29, 1.82) is 5.26 Å². The fourth-order valence-electron chi connectivity index (χ4n) is 1.27. The van der Waals surface area contributed by atoms with Crippen LogP contribution in [0.25, 0.3) is 0 Å². The molecule has 0 fully saturated rings. The van der Waals surface area contributed by atoms with Gasteiger partial charge in [0.15, 0.2) is 0 Å². The van der Waals surface area contributed by atoms with Crippen molar-refractivity contribution in [3.05, 3.63) is 23.4 Å². The molecule has 0 spiro atoms. The summed E-state index contributed by atoms with van der Waals surface area (Å²) in [5.41, 5.74) is 1.43. The number of hydrogen-bond acceptors (Lipinski definition) is 4. The topological polar surface area (TPSA) is 68.9 Å². The highest BCUT2D eigenvalue weighted by Gasteiger charge is 2.11. The number of aliphatic hydroxyl groups is 1. The Hall–Kier alpha value is -1.60. The molecule has 1 unspecified atom stereocenters. The first-order valence-electron chi connectivity index (χ1n) is 5.34. The third-order valence-corrected chi connectivity index (χ3v) is 2.52. The summed E-state index contributed by atoms with van der Waals surface area (Å²) in [5.74, 6) is 0.727. The van der Waals surface area contributed by atoms with Gasteiger partial charge in [0.05, 0.1) is 11.7 Å². The van der Waals surface area contributed by atoms with Crippen LogP contribution >= 0.6 is 0 Å². The quantitative estimate of drug-likeness (QED) is 0.808. The maximum atomic E-state index is 9.65. The van der Waals surface area contributed by atoms with Gasteiger partial charge in [0, 0.05) is 12.7 Å². The number of aryl methyl sites for hydroxylation is 1. The normalized spacial score (nSPS) is 12.2. The number of rotatable bonds is 4. The van der Waals surface area contributed by atoms with Gasteiger partial charge in [0.2, 0.25) is 0 Å². The fraction of sp³-hybridized carbons (Fsp3) is 0.500. The van der Waals surface area contributed by atoms with E-state index in [1.165, 1.54) is 0 Å². The Kier molecular flexibility index (Phi) is 4.27. The van der Waals surface area contributed by atoms with Crippen molar-refractivity contribution < 1.29 is 5.11 Å². The highest BCUT2D eigenvalue weighted by Crippen LogP contribution is 2.15. The Labute approximate surface area is 95.9 Å². The summed E-state index contributed by atoms with van der Waals surface area (Å²) < 4.78 is 0. The molecule has 0 saturated heterocycles. The predicted molar refractivity (Wildman–Crippen MR) is 63.0 cm³/mol. The van der Waals surface area contributed by atoms with Crippen LogP contribution in [0.15, 0.2) is 12.3 Å². The molecule has 0 aliphatic rings. The third kappa shape index (κ3) is 2.94. The number of nitrogens with zero attached hydrogens (tertiary/aromatic N) is 2. The Bertz CT molecular complexity index is 396. The molecule has 0 aromatic carbocycles. The molecule has 1 heterocycles. The summed E-state index contributed by atoms with van der Waals surface area (Å²) in [4.78, 5) is 4.10. The average molecular weight is 219 g/mol. The van der Waals surface area contributed by atoms with Crippen LogP contribution in [-0.2, 0) is 0 Å². The number of nitriles is 1. The zero-order valence-corrected chi connectivity index (χ0v) is 9.86. The summed E-state index contributed by atoms with van der Waals surface area (Å²) in [7, 11) is 0. The number of hydrogen-bond donors (Lipinski definition) is 2. The SMILES string of the molecule is Cc1ccnc(NCC(O)C(C)C)c1C#N. The third-order valence-electron chi connectivity index (χ3n) is 2.52. The first-order valence-corrected chi connectivity index (χ1v) is 5.34. The molecule has 86 valence electrons. The first-order chi connectivity index (χ1) is 7.56. The van der Waals surface area contributed by atoms with E-state index in [1.54, 1.807) is 12.3 Å². The molecule has 0 bridgehead atoms. The van der Waals surface area contributed by atoms with Gasteiger partial charge in [-0.25, -0.2) is 4.98 Å². The monoisotopic (exact) mass is 219 g/mol. The second-order valence-corrected chi connectivity index (χ2v) is 4.16. The molecular formula is C12H17N3O. The van der Waals surface area contributed by atoms with Gasteiger partial charge in [0.1, 0.15) is 11.9 Å². The molecule has 0 radical (unpaired) electrons. The van der Waals surface area contributed by atoms with E-state index in [2.05, 4.69) is 16.4 Å². The van der Waals surface area contributed by atoms with Crippen LogP contribution in [-0.4, -0.2) is 22.7 Å². The number of aliphatic hydroxyl groups excluding tert-OH is 1. The molecule has 1 aromatic heterocycles. The number of pyridine rings is 1. The van der Waals surface area contributed by atoms with Crippen molar-refractivity contribution in [3.63, 3.8) is 0 Å². The molecule has 1 atom stereocenters. The van der Waals surface area contributed by atoms with Gasteiger partial charge in [-0.1, -0.05) is 13.8 Å². The Morgan fingerprint density at radius 2 is 2.25 bits per heavy atom. The van der Waals surface area contributed by atoms with Crippen LogP contribution in [0.4, 0.5) is 5.82 Å². The van der Waals surface area contributed by atoms with Gasteiger partial charge < -0.3 is 10.4 Å². The fourth-order valence-corrected chi connectivity index (χ4v) is 1.27. The van der Waals surface area contributed by atoms with E-state index in [9.17, 15) is 5.11 Å². The summed E-state index contributed by atoms with van der Waals surface area (Å²) in [6, 6.07) is 3.90. The number of nitrogens with one attached hydrogen (secondary N) is 1. The van der Waals surface area contributed by atoms with Gasteiger partial charge >= 0.3 is 0 Å². The van der Waals surface area contributed by atoms with Crippen molar-refractivity contribution in [2.24, 2.45) is 5.92 Å². The summed E-state index contributed by atoms with van der Waals surface area (Å²) in [6.07, 6.45) is 1.22. The maximum absolute atomic E-state index is 9.65. The van der Waals surface area contributed by atoms with Crippen LogP contribution < -0.4 is 5.32 Å². The summed E-state index contributed by atoms with van der Waals surface area (Å²) in [6.45, 7) is 6.16. The highest BCUT2D eigenvalue weighted by atomic mass is 16.3. The molecule has 0 amide bonds. The van der Waals surface area contributed by atoms with Crippen LogP contribution in [0.3, 0.4) is 0 Å². The van der Waals surface area contributed by atoms with E-state index >= 15 is 0 Å². The Balaban J connectivity index is 2.75. The lowest BCUT2D eigenvalue weighted by molar-refractivity contribution is 0.138. The van der Waals surface area contributed by atoms with Gasteiger partial charge in [-0.2, -0.15) is 5.26 Å². The summed E-state index contributed by atoms with van der Waals surface area (Å²) in [5, 5.41) is 21.6. The van der Waals surface area contributed by atoms with E-state index in [1.807, 2.05) is 20.8 Å². The van der Waals surface area contributed by atoms with Crippen molar-refractivity contribution in [1.82, 2.24) is 4.98 Å². The molecule has 0 saturated carbocycles. The molecule has 16 heavy (non-hydrogen) atoms. The molecule has 1 aromatic rings. The van der Waals surface area contributed by atoms with Crippen molar-refractivity contribution >= 4 is 5.82 Å². The van der Waals surface area contributed by atoms with E-state index in [0.29, 0.717) is 17.9 Å². The second kappa shape index (κ2) is 5.47. The van der Waals surface area contributed by atoms with E-state index in [4.69, 9.17) is 5.26 Å². The first kappa shape index (κ1) is 12.5. The van der Waals surface area contributed by atoms with E-state index in [-0.39, 0.29) is 5.92 Å². The molecule has 4 nitrogen and oxygen atoms in total. The van der Waals surface area contributed by atoms with Gasteiger partial charge in [-0.3, -0.25) is 0 Å². The molecule has 4 heteroatoms. The zero-order valence-electron chi connectivity index (χ0n) is 9.86. The van der Waals surface area contributed by atoms with Crippen molar-refractivity contribution in [2.45, 2.75) is 26.9 Å². The van der Waals surface area contributed by atoms with Crippen LogP contribution in [0.2, 0.25) is 0 Å². The average Bonchev–Trinajstić information content (AvgIpc) is 2.25. The lowest BCUT2D eigenvalue weighted by Gasteiger charge is -2.16. The van der Waals surface area contributed by atoms with Gasteiger partial charge in [-0.15, -0.1) is 0 Å². The standard InChI is InChI=1S/C12H17N3O/c1-8(2)11(16)7-15-12-10(6-13)9(3)4-5-14-12/h4-5,8,11,16H,7H2,1-3H3,(H,14,15). The maximum Gasteiger partial charge on any atom is 0.144 e. The molecule has 0 aliphatic heterocycles. The highest BCUT2D eigenvalue weighted by molar-refractivity contribution is 5.55. The lowest BCUT2D eigenvalue weighted by Crippen LogP contribution is -2.25. The van der Waals surface area contributed by atoms with Crippen LogP contribution in [0, 0.1) is 24.2 Å². The summed E-state index contributed by atoms with van der Waals surface area (Å²) >= 11 is 0. The number of anilines is 1. The van der Waals surface area contributed by atoms with Crippen LogP contribution in [0.1, 0.15) is 25.0 Å². The van der Waals surface area contributed by atoms with E-state index < -0.39 is 6.10 Å². The van der Waals surface area contributed by atoms with Crippen molar-refractivity contribution in [2.75, 3.05) is 11.9 Å². The van der Waals surface area contributed by atoms with Crippen molar-refractivity contribution in [3.8, 4) is 6.07 Å². The molecule has 2 N–H and O–H groups in total. The smallest absolute Gasteiger partial charge is 0.144 e. The Morgan fingerprint density at radius 3 is 2.81 bits per heavy atom. The van der Waals surface area contributed by atoms with E-state index in [0.717, 1.165) is 5.56 Å². The largest absolute Gasteiger partial charge is 0.391 e. The predicted octanol–water partition coefficient (Wildman–Crippen LogP) is 1.69. The number of aromatic nitrogens is 1. The molecule has 0 aliphatic carbocycles.